The Morgan fingerprint density at radius 2 is 0.900 bits per heavy atom. The molecule has 7 heteroatoms. The number of fused-ring (bicyclic) bond motifs is 2. The first-order valence-corrected chi connectivity index (χ1v) is 13.4. The molecular weight excluding hydrogens is 494 g/mol. The van der Waals surface area contributed by atoms with Gasteiger partial charge in [-0.25, -0.2) is 14.3 Å². The van der Waals surface area contributed by atoms with Crippen molar-refractivity contribution in [1.29, 1.82) is 0 Å². The van der Waals surface area contributed by atoms with Crippen LogP contribution in [0.1, 0.15) is 37.1 Å². The van der Waals surface area contributed by atoms with Gasteiger partial charge in [0.25, 0.3) is 0 Å². The smallest absolute Gasteiger partial charge is 0.131 e. The summed E-state index contributed by atoms with van der Waals surface area (Å²) < 4.78 is 3.79. The first-order valence-electron chi connectivity index (χ1n) is 13.4. The monoisotopic (exact) mass is 521 g/mol. The maximum atomic E-state index is 4.87. The molecular formula is C33H27N7. The second-order valence-electron chi connectivity index (χ2n) is 10.1. The van der Waals surface area contributed by atoms with Gasteiger partial charge >= 0.3 is 0 Å². The van der Waals surface area contributed by atoms with Crippen LogP contribution in [-0.2, 0) is 0 Å². The molecule has 0 saturated heterocycles. The Morgan fingerprint density at radius 3 is 1.40 bits per heavy atom. The van der Waals surface area contributed by atoms with Gasteiger partial charge in [-0.05, 0) is 58.7 Å². The van der Waals surface area contributed by atoms with Gasteiger partial charge in [-0.15, -0.1) is 10.2 Å². The summed E-state index contributed by atoms with van der Waals surface area (Å²) in [7, 11) is 0. The van der Waals surface area contributed by atoms with E-state index in [-0.39, 0.29) is 12.1 Å². The third-order valence-electron chi connectivity index (χ3n) is 7.64. The average Bonchev–Trinajstić information content (AvgIpc) is 3.71. The molecule has 0 saturated carbocycles. The van der Waals surface area contributed by atoms with Gasteiger partial charge < -0.3 is 0 Å². The molecule has 0 N–H and O–H groups in total. The molecule has 0 radical (unpaired) electrons. The standard InChI is InChI=1S/C33H27N7/c1-22(26-16-7-12-24-10-3-5-14-28(24)26)39-20-32(35-37-39)30-18-9-19-31(34-30)33-21-40(38-36-33)23(2)27-17-8-13-25-11-4-6-15-29(25)27/h3-23H,1-2H3. The van der Waals surface area contributed by atoms with Gasteiger partial charge in [0.2, 0.25) is 0 Å². The topological polar surface area (TPSA) is 74.3 Å². The van der Waals surface area contributed by atoms with E-state index in [9.17, 15) is 0 Å². The maximum Gasteiger partial charge on any atom is 0.131 e. The van der Waals surface area contributed by atoms with E-state index >= 15 is 0 Å². The van der Waals surface area contributed by atoms with E-state index < -0.39 is 0 Å². The SMILES string of the molecule is CC(c1cccc2ccccc12)n1cc(-c2cccc(-c3cn(C(C)c4cccc5ccccc45)nn3)n2)nn1. The van der Waals surface area contributed by atoms with Crippen LogP contribution in [0.15, 0.2) is 116 Å². The van der Waals surface area contributed by atoms with Crippen molar-refractivity contribution >= 4 is 21.5 Å². The minimum absolute atomic E-state index is 0.0194. The minimum atomic E-state index is 0.0194. The number of pyridine rings is 1. The predicted molar refractivity (Wildman–Crippen MR) is 158 cm³/mol. The normalized spacial score (nSPS) is 13.1. The maximum absolute atomic E-state index is 4.87. The quantitative estimate of drug-likeness (QED) is 0.233. The molecule has 2 atom stereocenters. The van der Waals surface area contributed by atoms with E-state index in [2.05, 4.69) is 119 Å². The van der Waals surface area contributed by atoms with Crippen molar-refractivity contribution in [3.05, 3.63) is 127 Å². The lowest BCUT2D eigenvalue weighted by molar-refractivity contribution is 0.546. The van der Waals surface area contributed by atoms with Crippen LogP contribution >= 0.6 is 0 Å². The molecule has 0 aliphatic carbocycles. The van der Waals surface area contributed by atoms with Crippen molar-refractivity contribution < 1.29 is 0 Å². The first kappa shape index (κ1) is 23.9. The third-order valence-corrected chi connectivity index (χ3v) is 7.64. The number of benzene rings is 4. The van der Waals surface area contributed by atoms with Crippen molar-refractivity contribution in [2.24, 2.45) is 0 Å². The Bertz CT molecular complexity index is 1820. The van der Waals surface area contributed by atoms with E-state index in [1.165, 1.54) is 32.7 Å². The van der Waals surface area contributed by atoms with Crippen LogP contribution in [0.25, 0.3) is 44.3 Å². The summed E-state index contributed by atoms with van der Waals surface area (Å²) >= 11 is 0. The van der Waals surface area contributed by atoms with Gasteiger partial charge in [0, 0.05) is 0 Å². The Hall–Kier alpha value is -5.17. The van der Waals surface area contributed by atoms with Crippen molar-refractivity contribution in [1.82, 2.24) is 35.0 Å². The van der Waals surface area contributed by atoms with Gasteiger partial charge in [-0.1, -0.05) is 101 Å². The number of hydrogen-bond donors (Lipinski definition) is 0. The predicted octanol–water partition coefficient (Wildman–Crippen LogP) is 7.12. The summed E-state index contributed by atoms with van der Waals surface area (Å²) in [6.45, 7) is 4.28. The number of hydrogen-bond acceptors (Lipinski definition) is 5. The van der Waals surface area contributed by atoms with Gasteiger partial charge in [0.15, 0.2) is 0 Å². The lowest BCUT2D eigenvalue weighted by Crippen LogP contribution is -2.08. The molecule has 2 unspecified atom stereocenters. The van der Waals surface area contributed by atoms with Crippen molar-refractivity contribution in [2.45, 2.75) is 25.9 Å². The lowest BCUT2D eigenvalue weighted by Gasteiger charge is -2.14. The van der Waals surface area contributed by atoms with E-state index in [0.717, 1.165) is 11.4 Å². The van der Waals surface area contributed by atoms with Crippen LogP contribution in [0.3, 0.4) is 0 Å². The molecule has 194 valence electrons. The fraction of sp³-hybridized carbons (Fsp3) is 0.121. The summed E-state index contributed by atoms with van der Waals surface area (Å²) in [5, 5.41) is 22.7. The molecule has 4 aromatic carbocycles. The van der Waals surface area contributed by atoms with Crippen LogP contribution in [0.5, 0.6) is 0 Å². The zero-order valence-corrected chi connectivity index (χ0v) is 22.3. The summed E-state index contributed by atoms with van der Waals surface area (Å²) in [5.41, 5.74) is 5.31. The van der Waals surface area contributed by atoms with E-state index in [1.807, 2.05) is 40.0 Å². The first-order chi connectivity index (χ1) is 19.7. The third kappa shape index (κ3) is 4.22. The fourth-order valence-corrected chi connectivity index (χ4v) is 5.40. The summed E-state index contributed by atoms with van der Waals surface area (Å²) in [6, 6.07) is 35.5. The van der Waals surface area contributed by atoms with Gasteiger partial charge in [0.05, 0.1) is 35.9 Å². The molecule has 40 heavy (non-hydrogen) atoms. The van der Waals surface area contributed by atoms with Gasteiger partial charge in [-0.3, -0.25) is 0 Å². The minimum Gasteiger partial charge on any atom is -0.245 e. The number of nitrogens with zero attached hydrogens (tertiary/aromatic N) is 7. The van der Waals surface area contributed by atoms with E-state index in [0.29, 0.717) is 11.4 Å². The zero-order valence-electron chi connectivity index (χ0n) is 22.3. The van der Waals surface area contributed by atoms with Gasteiger partial charge in [0.1, 0.15) is 11.4 Å². The molecule has 7 nitrogen and oxygen atoms in total. The molecule has 3 heterocycles. The Kier molecular flexibility index (Phi) is 5.89. The number of aromatic nitrogens is 7. The Labute approximate surface area is 231 Å². The van der Waals surface area contributed by atoms with Crippen LogP contribution in [0, 0.1) is 0 Å². The van der Waals surface area contributed by atoms with Crippen LogP contribution in [-0.4, -0.2) is 35.0 Å². The van der Waals surface area contributed by atoms with Crippen molar-refractivity contribution in [2.75, 3.05) is 0 Å². The molecule has 0 amide bonds. The highest BCUT2D eigenvalue weighted by Gasteiger charge is 2.17. The molecule has 3 aromatic heterocycles. The largest absolute Gasteiger partial charge is 0.245 e. The molecule has 0 fully saturated rings. The van der Waals surface area contributed by atoms with Crippen LogP contribution in [0.4, 0.5) is 0 Å². The fourth-order valence-electron chi connectivity index (χ4n) is 5.40. The van der Waals surface area contributed by atoms with Crippen LogP contribution in [0.2, 0.25) is 0 Å². The number of rotatable bonds is 6. The zero-order chi connectivity index (χ0) is 27.1. The van der Waals surface area contributed by atoms with Crippen LogP contribution < -0.4 is 0 Å². The second-order valence-corrected chi connectivity index (χ2v) is 10.1. The molecule has 0 aliphatic heterocycles. The molecule has 0 spiro atoms. The Morgan fingerprint density at radius 1 is 0.475 bits per heavy atom. The van der Waals surface area contributed by atoms with E-state index in [4.69, 9.17) is 4.98 Å². The molecule has 7 aromatic rings. The molecule has 0 bridgehead atoms. The molecule has 7 rings (SSSR count). The summed E-state index contributed by atoms with van der Waals surface area (Å²) in [4.78, 5) is 4.87. The molecule has 0 aliphatic rings. The second kappa shape index (κ2) is 9.85. The van der Waals surface area contributed by atoms with Crippen molar-refractivity contribution in [3.8, 4) is 22.8 Å². The lowest BCUT2D eigenvalue weighted by atomic mass is 10.00. The highest BCUT2D eigenvalue weighted by molar-refractivity contribution is 5.87. The van der Waals surface area contributed by atoms with Gasteiger partial charge in [-0.2, -0.15) is 0 Å². The van der Waals surface area contributed by atoms with E-state index in [1.54, 1.807) is 0 Å². The highest BCUT2D eigenvalue weighted by atomic mass is 15.4. The summed E-state index contributed by atoms with van der Waals surface area (Å²) in [6.07, 6.45) is 3.91. The average molecular weight is 522 g/mol. The highest BCUT2D eigenvalue weighted by Crippen LogP contribution is 2.29. The Balaban J connectivity index is 1.16. The van der Waals surface area contributed by atoms with Crippen molar-refractivity contribution in [3.63, 3.8) is 0 Å². The summed E-state index contributed by atoms with van der Waals surface area (Å²) in [5.74, 6) is 0.